The van der Waals surface area contributed by atoms with Gasteiger partial charge in [0.1, 0.15) is 11.6 Å². The summed E-state index contributed by atoms with van der Waals surface area (Å²) >= 11 is 6.33. The Kier molecular flexibility index (Phi) is 4.93. The van der Waals surface area contributed by atoms with E-state index in [-0.39, 0.29) is 17.1 Å². The summed E-state index contributed by atoms with van der Waals surface area (Å²) in [5.74, 6) is 1.63. The molecule has 5 rings (SSSR count). The van der Waals surface area contributed by atoms with E-state index < -0.39 is 0 Å². The summed E-state index contributed by atoms with van der Waals surface area (Å²) in [7, 11) is 0. The minimum atomic E-state index is -0.316. The Bertz CT molecular complexity index is 1090. The SMILES string of the molecule is CC1(C)CC(=O)C2=C(C1)Nc1nc(N3CCCCC3)nc(N)c1[C@H]2c1cccc(Cl)c1. The first-order valence-corrected chi connectivity index (χ1v) is 11.4. The van der Waals surface area contributed by atoms with E-state index in [4.69, 9.17) is 22.3 Å². The Morgan fingerprint density at radius 2 is 1.94 bits per heavy atom. The van der Waals surface area contributed by atoms with E-state index in [1.807, 2.05) is 24.3 Å². The first-order chi connectivity index (χ1) is 14.8. The lowest BCUT2D eigenvalue weighted by Crippen LogP contribution is -2.36. The molecule has 1 aromatic heterocycles. The first kappa shape index (κ1) is 20.3. The highest BCUT2D eigenvalue weighted by Crippen LogP contribution is 2.50. The van der Waals surface area contributed by atoms with Gasteiger partial charge in [-0.3, -0.25) is 4.79 Å². The molecule has 6 nitrogen and oxygen atoms in total. The number of nitrogens with zero attached hydrogens (tertiary/aromatic N) is 3. The van der Waals surface area contributed by atoms with Crippen molar-refractivity contribution in [2.75, 3.05) is 29.0 Å². The summed E-state index contributed by atoms with van der Waals surface area (Å²) in [4.78, 5) is 25.1. The molecule has 2 aromatic rings. The van der Waals surface area contributed by atoms with Crippen molar-refractivity contribution in [3.8, 4) is 0 Å². The number of carbonyl (C=O) groups excluding carboxylic acids is 1. The fourth-order valence-electron chi connectivity index (χ4n) is 5.18. The predicted molar refractivity (Wildman–Crippen MR) is 124 cm³/mol. The van der Waals surface area contributed by atoms with Gasteiger partial charge in [0.05, 0.1) is 0 Å². The molecule has 1 atom stereocenters. The molecule has 0 bridgehead atoms. The van der Waals surface area contributed by atoms with Crippen molar-refractivity contribution in [1.29, 1.82) is 0 Å². The molecular weight excluding hydrogens is 410 g/mol. The van der Waals surface area contributed by atoms with Gasteiger partial charge in [-0.05, 0) is 48.8 Å². The number of aromatic nitrogens is 2. The molecule has 1 saturated heterocycles. The number of hydrogen-bond donors (Lipinski definition) is 2. The number of Topliss-reactive ketones (excluding diaryl/α,β-unsaturated/α-hetero) is 1. The molecule has 3 heterocycles. The van der Waals surface area contributed by atoms with Gasteiger partial charge in [0.25, 0.3) is 0 Å². The third-order valence-electron chi connectivity index (χ3n) is 6.55. The summed E-state index contributed by atoms with van der Waals surface area (Å²) in [6.45, 7) is 6.15. The van der Waals surface area contributed by atoms with Gasteiger partial charge in [-0.25, -0.2) is 0 Å². The van der Waals surface area contributed by atoms with Crippen LogP contribution < -0.4 is 16.0 Å². The molecular formula is C24H28ClN5O. The Labute approximate surface area is 187 Å². The third-order valence-corrected chi connectivity index (χ3v) is 6.79. The molecule has 0 unspecified atom stereocenters. The van der Waals surface area contributed by atoms with Gasteiger partial charge in [-0.1, -0.05) is 37.6 Å². The van der Waals surface area contributed by atoms with Crippen molar-refractivity contribution in [1.82, 2.24) is 9.97 Å². The number of halogens is 1. The maximum absolute atomic E-state index is 13.3. The lowest BCUT2D eigenvalue weighted by Gasteiger charge is -2.39. The number of nitrogen functional groups attached to an aromatic ring is 1. The van der Waals surface area contributed by atoms with Crippen LogP contribution in [-0.4, -0.2) is 28.8 Å². The van der Waals surface area contributed by atoms with Crippen LogP contribution in [0.4, 0.5) is 17.6 Å². The topological polar surface area (TPSA) is 84.1 Å². The molecule has 7 heteroatoms. The van der Waals surface area contributed by atoms with Gasteiger partial charge >= 0.3 is 0 Å². The number of anilines is 3. The van der Waals surface area contributed by atoms with E-state index in [0.717, 1.165) is 54.7 Å². The maximum atomic E-state index is 13.3. The summed E-state index contributed by atoms with van der Waals surface area (Å²) in [5, 5.41) is 4.12. The van der Waals surface area contributed by atoms with E-state index in [1.54, 1.807) is 0 Å². The van der Waals surface area contributed by atoms with Crippen molar-refractivity contribution in [2.24, 2.45) is 5.41 Å². The first-order valence-electron chi connectivity index (χ1n) is 11.0. The highest BCUT2D eigenvalue weighted by molar-refractivity contribution is 6.30. The number of fused-ring (bicyclic) bond motifs is 1. The molecule has 0 spiro atoms. The summed E-state index contributed by atoms with van der Waals surface area (Å²) in [6, 6.07) is 7.67. The highest BCUT2D eigenvalue weighted by atomic mass is 35.5. The Balaban J connectivity index is 1.68. The standard InChI is InChI=1S/C24H28ClN5O/c1-24(2)12-16-19(17(31)13-24)18(14-7-6-8-15(25)11-14)20-21(26)28-23(29-22(20)27-16)30-9-4-3-5-10-30/h6-8,11,18H,3-5,9-10,12-13H2,1-2H3,(H3,26,27,28,29)/t18-/m0/s1. The van der Waals surface area contributed by atoms with Crippen LogP contribution in [0.1, 0.15) is 63.0 Å². The number of piperidine rings is 1. The van der Waals surface area contributed by atoms with Gasteiger partial charge in [0.2, 0.25) is 5.95 Å². The molecule has 1 fully saturated rings. The smallest absolute Gasteiger partial charge is 0.229 e. The Morgan fingerprint density at radius 3 is 2.68 bits per heavy atom. The molecule has 162 valence electrons. The molecule has 2 aliphatic heterocycles. The molecule has 3 N–H and O–H groups in total. The molecule has 0 radical (unpaired) electrons. The van der Waals surface area contributed by atoms with Crippen LogP contribution in [0, 0.1) is 5.41 Å². The Morgan fingerprint density at radius 1 is 1.16 bits per heavy atom. The van der Waals surface area contributed by atoms with Crippen molar-refractivity contribution < 1.29 is 4.79 Å². The molecule has 0 saturated carbocycles. The lowest BCUT2D eigenvalue weighted by molar-refractivity contribution is -0.118. The zero-order chi connectivity index (χ0) is 21.8. The monoisotopic (exact) mass is 437 g/mol. The lowest BCUT2D eigenvalue weighted by atomic mass is 9.69. The average molecular weight is 438 g/mol. The van der Waals surface area contributed by atoms with E-state index in [0.29, 0.717) is 29.0 Å². The summed E-state index contributed by atoms with van der Waals surface area (Å²) < 4.78 is 0. The molecule has 3 aliphatic rings. The number of carbonyl (C=O) groups is 1. The van der Waals surface area contributed by atoms with Gasteiger partial charge in [-0.15, -0.1) is 0 Å². The van der Waals surface area contributed by atoms with Crippen molar-refractivity contribution >= 4 is 35.0 Å². The minimum absolute atomic E-state index is 0.104. The van der Waals surface area contributed by atoms with Crippen LogP contribution in [0.25, 0.3) is 0 Å². The normalized spacial score (nSPS) is 22.6. The van der Waals surface area contributed by atoms with Crippen LogP contribution in [0.5, 0.6) is 0 Å². The maximum Gasteiger partial charge on any atom is 0.229 e. The molecule has 0 amide bonds. The molecule has 1 aromatic carbocycles. The second kappa shape index (κ2) is 7.52. The number of rotatable bonds is 2. The minimum Gasteiger partial charge on any atom is -0.383 e. The van der Waals surface area contributed by atoms with E-state index in [2.05, 4.69) is 29.0 Å². The van der Waals surface area contributed by atoms with Crippen LogP contribution in [-0.2, 0) is 4.79 Å². The average Bonchev–Trinajstić information content (AvgIpc) is 2.72. The Hall–Kier alpha value is -2.60. The van der Waals surface area contributed by atoms with Crippen LogP contribution >= 0.6 is 11.6 Å². The van der Waals surface area contributed by atoms with Crippen molar-refractivity contribution in [3.05, 3.63) is 51.7 Å². The second-order valence-electron chi connectivity index (χ2n) is 9.67. The van der Waals surface area contributed by atoms with Crippen molar-refractivity contribution in [2.45, 2.75) is 51.9 Å². The second-order valence-corrected chi connectivity index (χ2v) is 10.1. The zero-order valence-electron chi connectivity index (χ0n) is 18.0. The fourth-order valence-corrected chi connectivity index (χ4v) is 5.38. The zero-order valence-corrected chi connectivity index (χ0v) is 18.8. The number of nitrogens with one attached hydrogen (secondary N) is 1. The van der Waals surface area contributed by atoms with Gasteiger partial charge in [-0.2, -0.15) is 9.97 Å². The van der Waals surface area contributed by atoms with Gasteiger partial charge < -0.3 is 16.0 Å². The third kappa shape index (κ3) is 3.67. The van der Waals surface area contributed by atoms with E-state index >= 15 is 0 Å². The fraction of sp³-hybridized carbons (Fsp3) is 0.458. The number of nitrogens with two attached hydrogens (primary N) is 1. The predicted octanol–water partition coefficient (Wildman–Crippen LogP) is 4.90. The molecule has 1 aliphatic carbocycles. The van der Waals surface area contributed by atoms with Gasteiger partial charge in [0.15, 0.2) is 5.78 Å². The number of allylic oxidation sites excluding steroid dienone is 2. The largest absolute Gasteiger partial charge is 0.383 e. The summed E-state index contributed by atoms with van der Waals surface area (Å²) in [6.07, 6.45) is 4.80. The quantitative estimate of drug-likeness (QED) is 0.694. The molecule has 31 heavy (non-hydrogen) atoms. The number of hydrogen-bond acceptors (Lipinski definition) is 6. The summed E-state index contributed by atoms with van der Waals surface area (Å²) in [5.41, 5.74) is 9.88. The van der Waals surface area contributed by atoms with E-state index in [1.165, 1.54) is 6.42 Å². The van der Waals surface area contributed by atoms with Crippen LogP contribution in [0.15, 0.2) is 35.5 Å². The van der Waals surface area contributed by atoms with Gasteiger partial charge in [0, 0.05) is 47.3 Å². The van der Waals surface area contributed by atoms with Crippen LogP contribution in [0.3, 0.4) is 0 Å². The number of benzene rings is 1. The number of ketones is 1. The highest BCUT2D eigenvalue weighted by Gasteiger charge is 2.42. The van der Waals surface area contributed by atoms with E-state index in [9.17, 15) is 4.79 Å². The van der Waals surface area contributed by atoms with Crippen LogP contribution in [0.2, 0.25) is 5.02 Å². The van der Waals surface area contributed by atoms with Crippen molar-refractivity contribution in [3.63, 3.8) is 0 Å².